The van der Waals surface area contributed by atoms with Crippen LogP contribution in [0.1, 0.15) is 16.8 Å². The molecule has 1 fully saturated rings. The zero-order chi connectivity index (χ0) is 18.4. The van der Waals surface area contributed by atoms with Crippen molar-refractivity contribution in [2.24, 2.45) is 5.92 Å². The molecule has 2 atom stereocenters. The molecule has 5 nitrogen and oxygen atoms in total. The minimum atomic E-state index is -0.194. The third kappa shape index (κ3) is 9.96. The average molecular weight is 503 g/mol. The largest absolute Gasteiger partial charge is 0.384 e. The number of rotatable bonds is 8. The molecule has 1 aromatic carbocycles. The molecule has 1 aromatic heterocycles. The topological polar surface area (TPSA) is 75.0 Å². The molecule has 10 heteroatoms. The molecule has 1 aliphatic rings. The van der Waals surface area contributed by atoms with Gasteiger partial charge in [0.25, 0.3) is 0 Å². The van der Waals surface area contributed by atoms with Gasteiger partial charge in [-0.05, 0) is 61.2 Å². The van der Waals surface area contributed by atoms with Crippen molar-refractivity contribution in [1.29, 1.82) is 0 Å². The average Bonchev–Trinajstić information content (AvgIpc) is 3.02. The van der Waals surface area contributed by atoms with Crippen molar-refractivity contribution in [3.63, 3.8) is 0 Å². The van der Waals surface area contributed by atoms with Gasteiger partial charge in [-0.3, -0.25) is 0 Å². The highest BCUT2D eigenvalue weighted by Gasteiger charge is 2.26. The maximum atomic E-state index is 12.9. The van der Waals surface area contributed by atoms with Gasteiger partial charge in [-0.2, -0.15) is 0 Å². The quantitative estimate of drug-likeness (QED) is 0.417. The summed E-state index contributed by atoms with van der Waals surface area (Å²) in [6, 6.07) is 11.1. The third-order valence-electron chi connectivity index (χ3n) is 4.80. The molecule has 2 aromatic rings. The normalized spacial score (nSPS) is 17.1. The lowest BCUT2D eigenvalue weighted by molar-refractivity contribution is 0.419. The fourth-order valence-electron chi connectivity index (χ4n) is 3.51. The van der Waals surface area contributed by atoms with Gasteiger partial charge < -0.3 is 21.7 Å². The van der Waals surface area contributed by atoms with Gasteiger partial charge in [0.2, 0.25) is 0 Å². The third-order valence-corrected chi connectivity index (χ3v) is 4.80. The second-order valence-electron chi connectivity index (χ2n) is 7.05. The van der Waals surface area contributed by atoms with Gasteiger partial charge in [-0.15, -0.1) is 49.6 Å². The Balaban J connectivity index is 0. The van der Waals surface area contributed by atoms with E-state index in [1.54, 1.807) is 0 Å². The first-order valence-electron chi connectivity index (χ1n) is 9.22. The van der Waals surface area contributed by atoms with E-state index in [1.165, 1.54) is 12.1 Å². The minimum Gasteiger partial charge on any atom is -0.384 e. The van der Waals surface area contributed by atoms with Crippen LogP contribution in [-0.2, 0) is 13.0 Å². The standard InChI is InChI=1S/C20H28FN5.4ClH/c1-14-8-18(26-20(22)9-14)10-16-12-24-13-19(16)25-7-6-23-11-15-2-4-17(21)5-3-15;;;;/h2-5,8-9,16,19,23-25H,6-7,10-13H2,1H3,(H2,22,26);4*1H/t16-,19+;;;;/m0..../s1. The summed E-state index contributed by atoms with van der Waals surface area (Å²) in [6.07, 6.45) is 0.930. The first-order valence-corrected chi connectivity index (χ1v) is 9.22. The van der Waals surface area contributed by atoms with E-state index in [4.69, 9.17) is 5.73 Å². The number of nitrogens with one attached hydrogen (secondary N) is 3. The molecular formula is C20H32Cl4FN5. The number of anilines is 1. The van der Waals surface area contributed by atoms with Crippen LogP contribution in [0.15, 0.2) is 36.4 Å². The lowest BCUT2D eigenvalue weighted by atomic mass is 9.97. The van der Waals surface area contributed by atoms with Crippen molar-refractivity contribution in [2.75, 3.05) is 31.9 Å². The minimum absolute atomic E-state index is 0. The van der Waals surface area contributed by atoms with Crippen molar-refractivity contribution in [3.05, 3.63) is 59.0 Å². The Morgan fingerprint density at radius 1 is 1.07 bits per heavy atom. The molecule has 0 radical (unpaired) electrons. The molecule has 1 aliphatic heterocycles. The van der Waals surface area contributed by atoms with E-state index in [0.29, 0.717) is 17.8 Å². The Hall–Kier alpha value is -0.860. The second-order valence-corrected chi connectivity index (χ2v) is 7.05. The first kappa shape index (κ1) is 31.3. The summed E-state index contributed by atoms with van der Waals surface area (Å²) in [5.41, 5.74) is 9.19. The van der Waals surface area contributed by atoms with Crippen LogP contribution in [0.5, 0.6) is 0 Å². The second kappa shape index (κ2) is 15.9. The van der Waals surface area contributed by atoms with E-state index in [9.17, 15) is 4.39 Å². The van der Waals surface area contributed by atoms with Crippen LogP contribution in [0, 0.1) is 18.7 Å². The monoisotopic (exact) mass is 501 g/mol. The van der Waals surface area contributed by atoms with E-state index < -0.39 is 0 Å². The molecule has 0 spiro atoms. The number of hydrogen-bond donors (Lipinski definition) is 4. The number of nitrogens with zero attached hydrogens (tertiary/aromatic N) is 1. The first-order chi connectivity index (χ1) is 12.6. The molecular weight excluding hydrogens is 471 g/mol. The highest BCUT2D eigenvalue weighted by atomic mass is 35.5. The van der Waals surface area contributed by atoms with Crippen molar-refractivity contribution < 1.29 is 4.39 Å². The summed E-state index contributed by atoms with van der Waals surface area (Å²) < 4.78 is 12.9. The van der Waals surface area contributed by atoms with Crippen molar-refractivity contribution >= 4 is 55.4 Å². The smallest absolute Gasteiger partial charge is 0.123 e. The number of nitrogen functional groups attached to an aromatic ring is 1. The molecule has 0 unspecified atom stereocenters. The fourth-order valence-corrected chi connectivity index (χ4v) is 3.51. The zero-order valence-electron chi connectivity index (χ0n) is 16.9. The highest BCUT2D eigenvalue weighted by molar-refractivity contribution is 5.86. The van der Waals surface area contributed by atoms with Crippen LogP contribution in [0.2, 0.25) is 0 Å². The Kier molecular flexibility index (Phi) is 16.6. The molecule has 5 N–H and O–H groups in total. The van der Waals surface area contributed by atoms with Crippen molar-refractivity contribution in [1.82, 2.24) is 20.9 Å². The van der Waals surface area contributed by atoms with Crippen LogP contribution in [-0.4, -0.2) is 37.2 Å². The Morgan fingerprint density at radius 2 is 1.77 bits per heavy atom. The van der Waals surface area contributed by atoms with E-state index in [-0.39, 0.29) is 55.4 Å². The van der Waals surface area contributed by atoms with Crippen LogP contribution in [0.25, 0.3) is 0 Å². The number of aryl methyl sites for hydroxylation is 1. The van der Waals surface area contributed by atoms with Gasteiger partial charge in [0.05, 0.1) is 0 Å². The predicted octanol–water partition coefficient (Wildman–Crippen LogP) is 3.31. The molecule has 2 heterocycles. The number of pyridine rings is 1. The number of hydrogen-bond acceptors (Lipinski definition) is 5. The lowest BCUT2D eigenvalue weighted by Crippen LogP contribution is -2.40. The van der Waals surface area contributed by atoms with E-state index in [2.05, 4.69) is 33.9 Å². The van der Waals surface area contributed by atoms with Crippen LogP contribution in [0.4, 0.5) is 10.2 Å². The van der Waals surface area contributed by atoms with Gasteiger partial charge in [0.1, 0.15) is 11.6 Å². The van der Waals surface area contributed by atoms with Crippen LogP contribution >= 0.6 is 49.6 Å². The molecule has 3 rings (SSSR count). The van der Waals surface area contributed by atoms with Crippen molar-refractivity contribution in [2.45, 2.75) is 25.9 Å². The molecule has 0 amide bonds. The van der Waals surface area contributed by atoms with Gasteiger partial charge in [0.15, 0.2) is 0 Å². The summed E-state index contributed by atoms with van der Waals surface area (Å²) in [6.45, 7) is 6.54. The molecule has 0 aliphatic carbocycles. The fraction of sp³-hybridized carbons (Fsp3) is 0.450. The van der Waals surface area contributed by atoms with Gasteiger partial charge in [-0.1, -0.05) is 12.1 Å². The number of benzene rings is 1. The van der Waals surface area contributed by atoms with E-state index in [0.717, 1.165) is 56.0 Å². The number of aromatic nitrogens is 1. The zero-order valence-corrected chi connectivity index (χ0v) is 20.2. The Morgan fingerprint density at radius 3 is 2.43 bits per heavy atom. The summed E-state index contributed by atoms with van der Waals surface area (Å²) >= 11 is 0. The summed E-state index contributed by atoms with van der Waals surface area (Å²) in [7, 11) is 0. The van der Waals surface area contributed by atoms with E-state index >= 15 is 0 Å². The molecule has 0 saturated carbocycles. The number of nitrogens with two attached hydrogens (primary N) is 1. The SMILES string of the molecule is Cc1cc(N)nc(C[C@H]2CNC[C@H]2NCCNCc2ccc(F)cc2)c1.Cl.Cl.Cl.Cl. The summed E-state index contributed by atoms with van der Waals surface area (Å²) in [4.78, 5) is 4.46. The summed E-state index contributed by atoms with van der Waals surface area (Å²) in [5, 5.41) is 10.5. The Bertz CT molecular complexity index is 701. The molecule has 30 heavy (non-hydrogen) atoms. The molecule has 0 bridgehead atoms. The van der Waals surface area contributed by atoms with Gasteiger partial charge >= 0.3 is 0 Å². The molecule has 172 valence electrons. The predicted molar refractivity (Wildman–Crippen MR) is 132 cm³/mol. The Labute approximate surface area is 203 Å². The maximum Gasteiger partial charge on any atom is 0.123 e. The maximum absolute atomic E-state index is 12.9. The van der Waals surface area contributed by atoms with Gasteiger partial charge in [-0.25, -0.2) is 9.37 Å². The number of halogens is 5. The lowest BCUT2D eigenvalue weighted by Gasteiger charge is -2.20. The molecule has 1 saturated heterocycles. The highest BCUT2D eigenvalue weighted by Crippen LogP contribution is 2.17. The van der Waals surface area contributed by atoms with E-state index in [1.807, 2.05) is 18.2 Å². The summed E-state index contributed by atoms with van der Waals surface area (Å²) in [5.74, 6) is 0.918. The van der Waals surface area contributed by atoms with Crippen LogP contribution < -0.4 is 21.7 Å². The van der Waals surface area contributed by atoms with Crippen LogP contribution in [0.3, 0.4) is 0 Å². The van der Waals surface area contributed by atoms with Crippen molar-refractivity contribution in [3.8, 4) is 0 Å². The van der Waals surface area contributed by atoms with Gasteiger partial charge in [0, 0.05) is 37.9 Å².